The second-order valence-electron chi connectivity index (χ2n) is 4.48. The fraction of sp³-hybridized carbons (Fsp3) is 0.0625. The highest BCUT2D eigenvalue weighted by atomic mass is 35.5. The zero-order chi connectivity index (χ0) is 14.8. The minimum absolute atomic E-state index is 0.340. The van der Waals surface area contributed by atoms with Crippen LogP contribution in [-0.2, 0) is 0 Å². The maximum atomic E-state index is 6.27. The summed E-state index contributed by atoms with van der Waals surface area (Å²) in [5, 5.41) is 4.51. The molecular formula is C16H13ClN2OS. The molecule has 0 saturated heterocycles. The number of nitrogens with two attached hydrogens (primary N) is 1. The number of nitrogens with zero attached hydrogens (tertiary/aromatic N) is 1. The standard InChI is InChI=1S/C16H13ClN2OS/c1-21-11-8-6-10(7-9-11)15-14(16(18)19-20-15)12-4-2-3-5-13(12)17/h2-9H,1H3,(H2,18,19). The van der Waals surface area contributed by atoms with Gasteiger partial charge in [-0.25, -0.2) is 0 Å². The predicted octanol–water partition coefficient (Wildman–Crippen LogP) is 4.97. The summed E-state index contributed by atoms with van der Waals surface area (Å²) < 4.78 is 5.42. The number of rotatable bonds is 3. The lowest BCUT2D eigenvalue weighted by Crippen LogP contribution is -1.89. The van der Waals surface area contributed by atoms with Crippen LogP contribution in [0.3, 0.4) is 0 Å². The normalized spacial score (nSPS) is 10.8. The van der Waals surface area contributed by atoms with Gasteiger partial charge >= 0.3 is 0 Å². The summed E-state index contributed by atoms with van der Waals surface area (Å²) in [5.41, 5.74) is 8.45. The molecule has 3 nitrogen and oxygen atoms in total. The van der Waals surface area contributed by atoms with Crippen molar-refractivity contribution in [2.75, 3.05) is 12.0 Å². The number of benzene rings is 2. The van der Waals surface area contributed by atoms with Crippen molar-refractivity contribution >= 4 is 29.2 Å². The molecule has 0 amide bonds. The van der Waals surface area contributed by atoms with E-state index in [1.165, 1.54) is 4.90 Å². The molecule has 0 saturated carbocycles. The molecule has 0 atom stereocenters. The molecule has 0 spiro atoms. The summed E-state index contributed by atoms with van der Waals surface area (Å²) in [6.45, 7) is 0. The monoisotopic (exact) mass is 316 g/mol. The smallest absolute Gasteiger partial charge is 0.176 e. The lowest BCUT2D eigenvalue weighted by atomic mass is 10.0. The number of aromatic nitrogens is 1. The Kier molecular flexibility index (Phi) is 3.90. The van der Waals surface area contributed by atoms with Crippen molar-refractivity contribution in [2.24, 2.45) is 0 Å². The molecule has 21 heavy (non-hydrogen) atoms. The summed E-state index contributed by atoms with van der Waals surface area (Å²) in [4.78, 5) is 1.19. The molecular weight excluding hydrogens is 304 g/mol. The summed E-state index contributed by atoms with van der Waals surface area (Å²) in [6.07, 6.45) is 2.04. The highest BCUT2D eigenvalue weighted by Gasteiger charge is 2.19. The first-order valence-corrected chi connectivity index (χ1v) is 7.95. The molecule has 1 aromatic heterocycles. The highest BCUT2D eigenvalue weighted by molar-refractivity contribution is 7.98. The maximum Gasteiger partial charge on any atom is 0.176 e. The van der Waals surface area contributed by atoms with E-state index in [0.717, 1.165) is 16.7 Å². The van der Waals surface area contributed by atoms with E-state index in [2.05, 4.69) is 5.16 Å². The van der Waals surface area contributed by atoms with Gasteiger partial charge in [0.25, 0.3) is 0 Å². The number of hydrogen-bond donors (Lipinski definition) is 1. The third-order valence-electron chi connectivity index (χ3n) is 3.21. The number of halogens is 1. The van der Waals surface area contributed by atoms with Crippen LogP contribution in [0, 0.1) is 0 Å². The summed E-state index contributed by atoms with van der Waals surface area (Å²) in [5.74, 6) is 0.972. The Morgan fingerprint density at radius 2 is 1.81 bits per heavy atom. The fourth-order valence-corrected chi connectivity index (χ4v) is 2.80. The second-order valence-corrected chi connectivity index (χ2v) is 5.77. The van der Waals surface area contributed by atoms with E-state index in [-0.39, 0.29) is 0 Å². The fourth-order valence-electron chi connectivity index (χ4n) is 2.17. The lowest BCUT2D eigenvalue weighted by molar-refractivity contribution is 0.436. The van der Waals surface area contributed by atoms with Crippen LogP contribution in [0.2, 0.25) is 5.02 Å². The molecule has 2 N–H and O–H groups in total. The zero-order valence-electron chi connectivity index (χ0n) is 11.3. The van der Waals surface area contributed by atoms with Crippen LogP contribution in [-0.4, -0.2) is 11.4 Å². The molecule has 0 aliphatic carbocycles. The number of nitrogen functional groups attached to an aromatic ring is 1. The van der Waals surface area contributed by atoms with Crippen LogP contribution in [0.1, 0.15) is 0 Å². The molecule has 2 aromatic carbocycles. The molecule has 0 fully saturated rings. The van der Waals surface area contributed by atoms with E-state index in [0.29, 0.717) is 16.6 Å². The van der Waals surface area contributed by atoms with Crippen LogP contribution >= 0.6 is 23.4 Å². The number of anilines is 1. The Bertz CT molecular complexity index is 768. The first-order valence-electron chi connectivity index (χ1n) is 6.35. The summed E-state index contributed by atoms with van der Waals surface area (Å²) in [6, 6.07) is 15.6. The van der Waals surface area contributed by atoms with Gasteiger partial charge < -0.3 is 10.3 Å². The first kappa shape index (κ1) is 14.0. The van der Waals surface area contributed by atoms with Crippen molar-refractivity contribution in [2.45, 2.75) is 4.90 Å². The summed E-state index contributed by atoms with van der Waals surface area (Å²) >= 11 is 7.96. The highest BCUT2D eigenvalue weighted by Crippen LogP contribution is 2.39. The minimum Gasteiger partial charge on any atom is -0.380 e. The largest absolute Gasteiger partial charge is 0.380 e. The van der Waals surface area contributed by atoms with Gasteiger partial charge in [-0.15, -0.1) is 11.8 Å². The quantitative estimate of drug-likeness (QED) is 0.693. The van der Waals surface area contributed by atoms with Gasteiger partial charge in [-0.2, -0.15) is 0 Å². The van der Waals surface area contributed by atoms with E-state index < -0.39 is 0 Å². The third kappa shape index (κ3) is 2.64. The molecule has 0 unspecified atom stereocenters. The minimum atomic E-state index is 0.340. The van der Waals surface area contributed by atoms with Crippen molar-refractivity contribution in [1.29, 1.82) is 0 Å². The van der Waals surface area contributed by atoms with Crippen LogP contribution in [0.5, 0.6) is 0 Å². The molecule has 106 valence electrons. The molecule has 0 bridgehead atoms. The van der Waals surface area contributed by atoms with E-state index >= 15 is 0 Å². The van der Waals surface area contributed by atoms with Gasteiger partial charge in [0.05, 0.1) is 5.56 Å². The van der Waals surface area contributed by atoms with Crippen molar-refractivity contribution in [1.82, 2.24) is 5.16 Å². The Morgan fingerprint density at radius 3 is 2.48 bits per heavy atom. The average molecular weight is 317 g/mol. The van der Waals surface area contributed by atoms with Gasteiger partial charge in [0.1, 0.15) is 0 Å². The van der Waals surface area contributed by atoms with Crippen molar-refractivity contribution < 1.29 is 4.52 Å². The van der Waals surface area contributed by atoms with Gasteiger partial charge in [0.2, 0.25) is 0 Å². The molecule has 5 heteroatoms. The van der Waals surface area contributed by atoms with E-state index in [9.17, 15) is 0 Å². The second kappa shape index (κ2) is 5.84. The number of hydrogen-bond acceptors (Lipinski definition) is 4. The van der Waals surface area contributed by atoms with E-state index in [1.54, 1.807) is 11.8 Å². The van der Waals surface area contributed by atoms with Crippen LogP contribution in [0.15, 0.2) is 57.9 Å². The lowest BCUT2D eigenvalue weighted by Gasteiger charge is -2.05. The van der Waals surface area contributed by atoms with Crippen LogP contribution in [0.4, 0.5) is 5.82 Å². The van der Waals surface area contributed by atoms with E-state index in [1.807, 2.05) is 54.8 Å². The van der Waals surface area contributed by atoms with Crippen molar-refractivity contribution in [3.63, 3.8) is 0 Å². The first-order chi connectivity index (χ1) is 10.2. The Hall–Kier alpha value is -1.91. The van der Waals surface area contributed by atoms with Crippen molar-refractivity contribution in [3.8, 4) is 22.5 Å². The SMILES string of the molecule is CSc1ccc(-c2onc(N)c2-c2ccccc2Cl)cc1. The third-order valence-corrected chi connectivity index (χ3v) is 4.29. The van der Waals surface area contributed by atoms with Crippen LogP contribution in [0.25, 0.3) is 22.5 Å². The molecule has 0 aliphatic rings. The Balaban J connectivity index is 2.15. The van der Waals surface area contributed by atoms with Gasteiger partial charge in [0.15, 0.2) is 11.6 Å². The molecule has 3 aromatic rings. The average Bonchev–Trinajstić information content (AvgIpc) is 2.89. The zero-order valence-corrected chi connectivity index (χ0v) is 12.9. The summed E-state index contributed by atoms with van der Waals surface area (Å²) in [7, 11) is 0. The Labute approximate surface area is 132 Å². The molecule has 3 rings (SSSR count). The molecule has 0 radical (unpaired) electrons. The van der Waals surface area contributed by atoms with Gasteiger partial charge in [-0.05, 0) is 36.6 Å². The number of thioether (sulfide) groups is 1. The van der Waals surface area contributed by atoms with Crippen molar-refractivity contribution in [3.05, 3.63) is 53.6 Å². The van der Waals surface area contributed by atoms with Gasteiger partial charge in [-0.3, -0.25) is 0 Å². The van der Waals surface area contributed by atoms with E-state index in [4.69, 9.17) is 21.9 Å². The predicted molar refractivity (Wildman–Crippen MR) is 88.6 cm³/mol. The molecule has 0 aliphatic heterocycles. The van der Waals surface area contributed by atoms with Crippen LogP contribution < -0.4 is 5.73 Å². The topological polar surface area (TPSA) is 52.0 Å². The van der Waals surface area contributed by atoms with Gasteiger partial charge in [0, 0.05) is 21.0 Å². The van der Waals surface area contributed by atoms with Gasteiger partial charge in [-0.1, -0.05) is 35.0 Å². The maximum absolute atomic E-state index is 6.27. The molecule has 1 heterocycles. The Morgan fingerprint density at radius 1 is 1.10 bits per heavy atom.